The molecule has 0 saturated carbocycles. The monoisotopic (exact) mass is 334 g/mol. The van der Waals surface area contributed by atoms with Crippen molar-refractivity contribution >= 4 is 35.5 Å². The highest BCUT2D eigenvalue weighted by Gasteiger charge is 2.12. The summed E-state index contributed by atoms with van der Waals surface area (Å²) in [6.45, 7) is 0.335. The molecule has 1 N–H and O–H groups in total. The lowest BCUT2D eigenvalue weighted by atomic mass is 10.3. The minimum atomic E-state index is -0.420. The van der Waals surface area contributed by atoms with Crippen molar-refractivity contribution in [1.29, 1.82) is 0 Å². The predicted molar refractivity (Wildman–Crippen MR) is 86.3 cm³/mol. The van der Waals surface area contributed by atoms with Crippen molar-refractivity contribution in [3.8, 4) is 5.88 Å². The molecule has 0 unspecified atom stereocenters. The third-order valence-corrected chi connectivity index (χ3v) is 4.33. The summed E-state index contributed by atoms with van der Waals surface area (Å²) >= 11 is 6.44. The topological polar surface area (TPSA) is 50.7 Å². The molecule has 0 bridgehead atoms. The fraction of sp³-hybridized carbons (Fsp3) is 0.0667. The van der Waals surface area contributed by atoms with Gasteiger partial charge in [0.2, 0.25) is 5.88 Å². The van der Waals surface area contributed by atoms with Crippen molar-refractivity contribution in [3.63, 3.8) is 0 Å². The van der Waals surface area contributed by atoms with E-state index < -0.39 is 5.82 Å². The van der Waals surface area contributed by atoms with Gasteiger partial charge in [0.25, 0.3) is 0 Å². The van der Waals surface area contributed by atoms with Crippen LogP contribution in [0.3, 0.4) is 0 Å². The molecule has 0 fully saturated rings. The predicted octanol–water partition coefficient (Wildman–Crippen LogP) is 4.52. The number of aromatic nitrogens is 1. The maximum absolute atomic E-state index is 13.5. The van der Waals surface area contributed by atoms with Gasteiger partial charge >= 0.3 is 0 Å². The normalized spacial score (nSPS) is 11.3. The van der Waals surface area contributed by atoms with Crippen LogP contribution in [-0.4, -0.2) is 15.9 Å². The average Bonchev–Trinajstić information content (AvgIpc) is 3.10. The molecular weight excluding hydrogens is 323 g/mol. The van der Waals surface area contributed by atoms with Crippen LogP contribution in [0.2, 0.25) is 0 Å². The number of nitrogens with zero attached hydrogens (tertiary/aromatic N) is 2. The molecule has 7 heteroatoms. The Bertz CT molecular complexity index is 866. The maximum Gasteiger partial charge on any atom is 0.212 e. The third-order valence-electron chi connectivity index (χ3n) is 2.96. The quantitative estimate of drug-likeness (QED) is 0.564. The van der Waals surface area contributed by atoms with E-state index >= 15 is 0 Å². The van der Waals surface area contributed by atoms with Gasteiger partial charge in [0.1, 0.15) is 16.5 Å². The summed E-state index contributed by atoms with van der Waals surface area (Å²) in [4.78, 5) is 4.53. The standard InChI is InChI=1S/C15H11FN2O2S2/c16-11-5-1-2-6-12(11)17-8-13-14(19)18(15(21)22-13)9-10-4-3-7-20-10/h1-8,19H,9H2. The molecule has 1 aromatic carbocycles. The van der Waals surface area contributed by atoms with Gasteiger partial charge in [-0.2, -0.15) is 0 Å². The van der Waals surface area contributed by atoms with Gasteiger partial charge in [0, 0.05) is 0 Å². The van der Waals surface area contributed by atoms with Gasteiger partial charge in [-0.3, -0.25) is 9.56 Å². The van der Waals surface area contributed by atoms with Crippen molar-refractivity contribution in [2.24, 2.45) is 4.99 Å². The Kier molecular flexibility index (Phi) is 4.17. The van der Waals surface area contributed by atoms with Crippen LogP contribution in [0.15, 0.2) is 52.1 Å². The highest BCUT2D eigenvalue weighted by molar-refractivity contribution is 7.73. The number of benzene rings is 1. The molecule has 0 aliphatic carbocycles. The highest BCUT2D eigenvalue weighted by atomic mass is 32.1. The summed E-state index contributed by atoms with van der Waals surface area (Å²) in [5, 5.41) is 10.2. The lowest BCUT2D eigenvalue weighted by Crippen LogP contribution is -1.97. The summed E-state index contributed by atoms with van der Waals surface area (Å²) in [6, 6.07) is 9.74. The molecule has 22 heavy (non-hydrogen) atoms. The second-order valence-corrected chi connectivity index (χ2v) is 6.11. The first kappa shape index (κ1) is 14.7. The number of aromatic hydroxyl groups is 1. The molecule has 3 rings (SSSR count). The zero-order valence-corrected chi connectivity index (χ0v) is 12.9. The smallest absolute Gasteiger partial charge is 0.212 e. The summed E-state index contributed by atoms with van der Waals surface area (Å²) in [7, 11) is 0. The van der Waals surface area contributed by atoms with Gasteiger partial charge in [-0.05, 0) is 36.5 Å². The molecule has 0 aliphatic rings. The van der Waals surface area contributed by atoms with Crippen LogP contribution in [0, 0.1) is 9.77 Å². The fourth-order valence-corrected chi connectivity index (χ4v) is 3.06. The number of rotatable bonds is 4. The van der Waals surface area contributed by atoms with Crippen molar-refractivity contribution in [2.45, 2.75) is 6.54 Å². The number of thiazole rings is 1. The number of para-hydroxylation sites is 1. The summed E-state index contributed by atoms with van der Waals surface area (Å²) < 4.78 is 20.8. The van der Waals surface area contributed by atoms with E-state index in [1.54, 1.807) is 41.2 Å². The molecule has 0 atom stereocenters. The van der Waals surface area contributed by atoms with Crippen LogP contribution in [0.5, 0.6) is 5.88 Å². The van der Waals surface area contributed by atoms with Gasteiger partial charge in [-0.25, -0.2) is 4.39 Å². The Morgan fingerprint density at radius 2 is 2.14 bits per heavy atom. The third kappa shape index (κ3) is 3.00. The number of hydrogen-bond donors (Lipinski definition) is 1. The highest BCUT2D eigenvalue weighted by Crippen LogP contribution is 2.26. The Hall–Kier alpha value is -2.25. The molecule has 2 heterocycles. The van der Waals surface area contributed by atoms with E-state index in [9.17, 15) is 9.50 Å². The van der Waals surface area contributed by atoms with E-state index in [2.05, 4.69) is 4.99 Å². The molecule has 0 amide bonds. The zero-order chi connectivity index (χ0) is 15.5. The van der Waals surface area contributed by atoms with E-state index in [1.165, 1.54) is 23.6 Å². The zero-order valence-electron chi connectivity index (χ0n) is 11.3. The van der Waals surface area contributed by atoms with Gasteiger partial charge in [-0.1, -0.05) is 23.5 Å². The molecule has 3 aromatic rings. The van der Waals surface area contributed by atoms with Gasteiger partial charge in [-0.15, -0.1) is 0 Å². The minimum Gasteiger partial charge on any atom is -0.493 e. The van der Waals surface area contributed by atoms with E-state index in [0.29, 0.717) is 21.1 Å². The van der Waals surface area contributed by atoms with Crippen LogP contribution >= 0.6 is 23.6 Å². The number of furan rings is 1. The van der Waals surface area contributed by atoms with Crippen LogP contribution in [0.1, 0.15) is 10.6 Å². The van der Waals surface area contributed by atoms with Gasteiger partial charge < -0.3 is 9.52 Å². The first-order valence-corrected chi connectivity index (χ1v) is 7.61. The molecule has 4 nitrogen and oxygen atoms in total. The van der Waals surface area contributed by atoms with Crippen LogP contribution in [0.4, 0.5) is 10.1 Å². The summed E-state index contributed by atoms with van der Waals surface area (Å²) in [6.07, 6.45) is 2.97. The SMILES string of the molecule is Oc1c(C=Nc2ccccc2F)sc(=S)n1Cc1ccco1. The maximum atomic E-state index is 13.5. The van der Waals surface area contributed by atoms with E-state index in [0.717, 1.165) is 0 Å². The molecule has 0 aliphatic heterocycles. The Labute approximate surface area is 134 Å². The number of aliphatic imine (C=N–C) groups is 1. The summed E-state index contributed by atoms with van der Waals surface area (Å²) in [5.74, 6) is 0.255. The molecule has 0 spiro atoms. The Morgan fingerprint density at radius 3 is 2.86 bits per heavy atom. The van der Waals surface area contributed by atoms with Gasteiger partial charge in [0.15, 0.2) is 3.95 Å². The number of halogens is 1. The Morgan fingerprint density at radius 1 is 1.32 bits per heavy atom. The van der Waals surface area contributed by atoms with Crippen LogP contribution in [-0.2, 0) is 6.54 Å². The second-order valence-electron chi connectivity index (χ2n) is 4.43. The summed E-state index contributed by atoms with van der Waals surface area (Å²) in [5.41, 5.74) is 0.207. The molecule has 0 radical (unpaired) electrons. The molecule has 112 valence electrons. The van der Waals surface area contributed by atoms with Crippen LogP contribution in [0.25, 0.3) is 0 Å². The van der Waals surface area contributed by atoms with Crippen molar-refractivity contribution in [3.05, 3.63) is 63.1 Å². The second kappa shape index (κ2) is 6.25. The Balaban J connectivity index is 1.90. The van der Waals surface area contributed by atoms with E-state index in [1.807, 2.05) is 0 Å². The van der Waals surface area contributed by atoms with Gasteiger partial charge in [0.05, 0.1) is 24.7 Å². The lowest BCUT2D eigenvalue weighted by molar-refractivity contribution is 0.407. The first-order valence-electron chi connectivity index (χ1n) is 6.38. The molecule has 0 saturated heterocycles. The first-order chi connectivity index (χ1) is 10.6. The fourth-order valence-electron chi connectivity index (χ4n) is 1.88. The number of hydrogen-bond acceptors (Lipinski definition) is 5. The van der Waals surface area contributed by atoms with E-state index in [4.69, 9.17) is 16.6 Å². The van der Waals surface area contributed by atoms with Crippen molar-refractivity contribution in [1.82, 2.24) is 4.57 Å². The molecular formula is C15H11FN2O2S2. The average molecular weight is 334 g/mol. The molecule has 2 aromatic heterocycles. The minimum absolute atomic E-state index is 0.00788. The lowest BCUT2D eigenvalue weighted by Gasteiger charge is -2.01. The van der Waals surface area contributed by atoms with Crippen LogP contribution < -0.4 is 0 Å². The van der Waals surface area contributed by atoms with Crippen molar-refractivity contribution < 1.29 is 13.9 Å². The van der Waals surface area contributed by atoms with E-state index in [-0.39, 0.29) is 11.6 Å². The van der Waals surface area contributed by atoms with Crippen molar-refractivity contribution in [2.75, 3.05) is 0 Å². The largest absolute Gasteiger partial charge is 0.493 e.